The summed E-state index contributed by atoms with van der Waals surface area (Å²) in [4.78, 5) is 6.70. The second-order valence-electron chi connectivity index (χ2n) is 7.47. The molecule has 0 saturated carbocycles. The minimum atomic E-state index is -0.362. The number of rotatable bonds is 7. The summed E-state index contributed by atoms with van der Waals surface area (Å²) >= 11 is 0. The fraction of sp³-hybridized carbons (Fsp3) is 0.435. The van der Waals surface area contributed by atoms with Crippen LogP contribution < -0.4 is 0 Å². The molecule has 0 spiro atoms. The number of aliphatic imine (C=N–C) groups is 1. The van der Waals surface area contributed by atoms with Crippen LogP contribution in [-0.2, 0) is 21.7 Å². The highest BCUT2D eigenvalue weighted by Gasteiger charge is 2.43. The Morgan fingerprint density at radius 2 is 1.85 bits per heavy atom. The van der Waals surface area contributed by atoms with Gasteiger partial charge < -0.3 is 14.4 Å². The number of hydrogen-bond donors (Lipinski definition) is 0. The first-order valence-electron chi connectivity index (χ1n) is 9.57. The van der Waals surface area contributed by atoms with Crippen molar-refractivity contribution in [3.63, 3.8) is 0 Å². The molecule has 1 aliphatic rings. The van der Waals surface area contributed by atoms with Crippen LogP contribution in [0.25, 0.3) is 0 Å². The van der Waals surface area contributed by atoms with Gasteiger partial charge in [-0.1, -0.05) is 30.3 Å². The maximum atomic E-state index is 6.44. The van der Waals surface area contributed by atoms with E-state index < -0.39 is 0 Å². The van der Waals surface area contributed by atoms with Crippen molar-refractivity contribution in [1.82, 2.24) is 4.90 Å². The topological polar surface area (TPSA) is 34.1 Å². The van der Waals surface area contributed by atoms with E-state index in [4.69, 9.17) is 9.47 Å². The third-order valence-electron chi connectivity index (χ3n) is 5.36. The highest BCUT2D eigenvalue weighted by molar-refractivity contribution is 5.64. The minimum Gasteiger partial charge on any atom is -0.375 e. The highest BCUT2D eigenvalue weighted by atomic mass is 16.6. The first-order chi connectivity index (χ1) is 12.9. The third-order valence-corrected chi connectivity index (χ3v) is 5.36. The van der Waals surface area contributed by atoms with E-state index in [1.54, 1.807) is 0 Å². The summed E-state index contributed by atoms with van der Waals surface area (Å²) in [6, 6.07) is 12.7. The van der Waals surface area contributed by atoms with Crippen LogP contribution in [0.3, 0.4) is 0 Å². The van der Waals surface area contributed by atoms with Gasteiger partial charge in [0.05, 0.1) is 31.8 Å². The summed E-state index contributed by atoms with van der Waals surface area (Å²) in [7, 11) is 2.03. The van der Waals surface area contributed by atoms with E-state index in [2.05, 4.69) is 74.0 Å². The Hall–Kier alpha value is -2.17. The third kappa shape index (κ3) is 4.23. The van der Waals surface area contributed by atoms with Crippen molar-refractivity contribution in [3.05, 3.63) is 64.2 Å². The van der Waals surface area contributed by atoms with Gasteiger partial charge in [-0.15, -0.1) is 0 Å². The van der Waals surface area contributed by atoms with Crippen LogP contribution in [0.4, 0.5) is 5.69 Å². The van der Waals surface area contributed by atoms with Crippen LogP contribution in [0.5, 0.6) is 0 Å². The van der Waals surface area contributed by atoms with Gasteiger partial charge in [-0.05, 0) is 61.6 Å². The second kappa shape index (κ2) is 8.24. The molecule has 0 aliphatic carbocycles. The lowest BCUT2D eigenvalue weighted by Gasteiger charge is -2.42. The van der Waals surface area contributed by atoms with Gasteiger partial charge in [-0.2, -0.15) is 0 Å². The lowest BCUT2D eigenvalue weighted by molar-refractivity contribution is -0.223. The average Bonchev–Trinajstić information content (AvgIpc) is 2.63. The van der Waals surface area contributed by atoms with E-state index >= 15 is 0 Å². The molecule has 27 heavy (non-hydrogen) atoms. The number of ether oxygens (including phenoxy) is 2. The largest absolute Gasteiger partial charge is 0.375 e. The molecule has 0 atom stereocenters. The van der Waals surface area contributed by atoms with Crippen LogP contribution in [0.1, 0.15) is 34.7 Å². The quantitative estimate of drug-likeness (QED) is 0.528. The van der Waals surface area contributed by atoms with Crippen LogP contribution >= 0.6 is 0 Å². The fourth-order valence-corrected chi connectivity index (χ4v) is 3.27. The zero-order valence-corrected chi connectivity index (χ0v) is 17.1. The molecular weight excluding hydrogens is 336 g/mol. The van der Waals surface area contributed by atoms with Gasteiger partial charge in [0.2, 0.25) is 0 Å². The van der Waals surface area contributed by atoms with E-state index in [9.17, 15) is 0 Å². The number of benzene rings is 2. The molecule has 0 aromatic heterocycles. The van der Waals surface area contributed by atoms with Gasteiger partial charge in [-0.25, -0.2) is 4.99 Å². The summed E-state index contributed by atoms with van der Waals surface area (Å²) < 4.78 is 12.0. The molecule has 144 valence electrons. The zero-order valence-electron chi connectivity index (χ0n) is 17.1. The van der Waals surface area contributed by atoms with Crippen LogP contribution in [0.15, 0.2) is 41.4 Å². The molecule has 0 unspecified atom stereocenters. The molecule has 1 heterocycles. The van der Waals surface area contributed by atoms with E-state index in [1.807, 2.05) is 13.4 Å². The first kappa shape index (κ1) is 19.6. The molecule has 3 rings (SSSR count). The van der Waals surface area contributed by atoms with Crippen LogP contribution in [0, 0.1) is 20.8 Å². The SMILES string of the molecule is CCN(C)C=Nc1cc(C)c(C2(OCc3ccccc3C)COC2)cc1C. The smallest absolute Gasteiger partial charge is 0.140 e. The second-order valence-corrected chi connectivity index (χ2v) is 7.47. The molecule has 4 nitrogen and oxygen atoms in total. The average molecular weight is 367 g/mol. The Kier molecular flexibility index (Phi) is 5.98. The number of aryl methyl sites for hydroxylation is 3. The number of nitrogens with zero attached hydrogens (tertiary/aromatic N) is 2. The van der Waals surface area contributed by atoms with Gasteiger partial charge in [-0.3, -0.25) is 0 Å². The molecule has 1 fully saturated rings. The predicted molar refractivity (Wildman–Crippen MR) is 111 cm³/mol. The molecule has 4 heteroatoms. The fourth-order valence-electron chi connectivity index (χ4n) is 3.27. The standard InChI is InChI=1S/C23H30N2O2/c1-6-25(5)16-24-22-12-18(3)21(11-19(22)4)23(14-26-15-23)27-13-20-10-8-7-9-17(20)2/h7-12,16H,6,13-15H2,1-5H3. The van der Waals surface area contributed by atoms with E-state index in [0.29, 0.717) is 19.8 Å². The minimum absolute atomic E-state index is 0.362. The summed E-state index contributed by atoms with van der Waals surface area (Å²) in [5, 5.41) is 0. The predicted octanol–water partition coefficient (Wildman–Crippen LogP) is 4.67. The molecular formula is C23H30N2O2. The van der Waals surface area contributed by atoms with Gasteiger partial charge in [0, 0.05) is 13.6 Å². The summed E-state index contributed by atoms with van der Waals surface area (Å²) in [6.07, 6.45) is 1.89. The molecule has 2 aromatic rings. The van der Waals surface area contributed by atoms with Gasteiger partial charge in [0.25, 0.3) is 0 Å². The normalized spacial score (nSPS) is 15.7. The maximum absolute atomic E-state index is 6.44. The monoisotopic (exact) mass is 366 g/mol. The van der Waals surface area contributed by atoms with Gasteiger partial charge in [0.1, 0.15) is 5.60 Å². The molecule has 0 radical (unpaired) electrons. The molecule has 0 bridgehead atoms. The molecule has 1 aliphatic heterocycles. The van der Waals surface area contributed by atoms with E-state index in [-0.39, 0.29) is 5.60 Å². The van der Waals surface area contributed by atoms with Crippen molar-refractivity contribution in [1.29, 1.82) is 0 Å². The molecule has 0 amide bonds. The summed E-state index contributed by atoms with van der Waals surface area (Å²) in [5.41, 5.74) is 6.68. The Labute approximate surface area is 162 Å². The van der Waals surface area contributed by atoms with Gasteiger partial charge >= 0.3 is 0 Å². The van der Waals surface area contributed by atoms with Crippen molar-refractivity contribution < 1.29 is 9.47 Å². The van der Waals surface area contributed by atoms with E-state index in [0.717, 1.165) is 17.8 Å². The van der Waals surface area contributed by atoms with Crippen molar-refractivity contribution in [2.24, 2.45) is 4.99 Å². The first-order valence-corrected chi connectivity index (χ1v) is 9.57. The molecule has 0 N–H and O–H groups in total. The summed E-state index contributed by atoms with van der Waals surface area (Å²) in [6.45, 7) is 11.2. The molecule has 1 saturated heterocycles. The Balaban J connectivity index is 1.83. The van der Waals surface area contributed by atoms with Crippen molar-refractivity contribution >= 4 is 12.0 Å². The Morgan fingerprint density at radius 1 is 1.11 bits per heavy atom. The Morgan fingerprint density at radius 3 is 2.48 bits per heavy atom. The lowest BCUT2D eigenvalue weighted by atomic mass is 9.86. The van der Waals surface area contributed by atoms with Crippen molar-refractivity contribution in [2.45, 2.75) is 39.9 Å². The number of hydrogen-bond acceptors (Lipinski definition) is 3. The van der Waals surface area contributed by atoms with Crippen LogP contribution in [0.2, 0.25) is 0 Å². The van der Waals surface area contributed by atoms with E-state index in [1.165, 1.54) is 22.3 Å². The van der Waals surface area contributed by atoms with Gasteiger partial charge in [0.15, 0.2) is 0 Å². The summed E-state index contributed by atoms with van der Waals surface area (Å²) in [5.74, 6) is 0. The van der Waals surface area contributed by atoms with Crippen molar-refractivity contribution in [2.75, 3.05) is 26.8 Å². The Bertz CT molecular complexity index is 825. The lowest BCUT2D eigenvalue weighted by Crippen LogP contribution is -2.49. The van der Waals surface area contributed by atoms with Crippen LogP contribution in [-0.4, -0.2) is 38.0 Å². The zero-order chi connectivity index (χ0) is 19.4. The maximum Gasteiger partial charge on any atom is 0.140 e. The molecule has 2 aromatic carbocycles. The van der Waals surface area contributed by atoms with Crippen molar-refractivity contribution in [3.8, 4) is 0 Å². The highest BCUT2D eigenvalue weighted by Crippen LogP contribution is 2.39.